The van der Waals surface area contributed by atoms with E-state index in [1.807, 2.05) is 37.3 Å². The molecule has 2 aromatic rings. The third-order valence-electron chi connectivity index (χ3n) is 5.21. The molecule has 0 radical (unpaired) electrons. The van der Waals surface area contributed by atoms with Gasteiger partial charge in [0.2, 0.25) is 0 Å². The van der Waals surface area contributed by atoms with Crippen molar-refractivity contribution >= 4 is 34.6 Å². The van der Waals surface area contributed by atoms with E-state index in [2.05, 4.69) is 16.3 Å². The van der Waals surface area contributed by atoms with Crippen molar-refractivity contribution in [1.29, 1.82) is 0 Å². The first-order valence-corrected chi connectivity index (χ1v) is 10.4. The second-order valence-corrected chi connectivity index (χ2v) is 7.93. The van der Waals surface area contributed by atoms with Crippen molar-refractivity contribution in [3.63, 3.8) is 0 Å². The zero-order valence-corrected chi connectivity index (χ0v) is 18.2. The predicted molar refractivity (Wildman–Crippen MR) is 120 cm³/mol. The van der Waals surface area contributed by atoms with Crippen LogP contribution in [0.4, 0.5) is 5.69 Å². The summed E-state index contributed by atoms with van der Waals surface area (Å²) in [4.78, 5) is 2.26. The van der Waals surface area contributed by atoms with Gasteiger partial charge in [0.1, 0.15) is 0 Å². The molecule has 28 heavy (non-hydrogen) atoms. The van der Waals surface area contributed by atoms with Crippen LogP contribution in [-0.2, 0) is 6.54 Å². The number of nitrogens with zero attached hydrogens (tertiary/aromatic N) is 1. The highest BCUT2D eigenvalue weighted by atomic mass is 35.5. The molecular formula is C22H27ClN2O2S. The second-order valence-electron chi connectivity index (χ2n) is 7.13. The molecule has 0 unspecified atom stereocenters. The van der Waals surface area contributed by atoms with Crippen molar-refractivity contribution in [2.75, 3.05) is 19.5 Å². The molecule has 0 aromatic heterocycles. The smallest absolute Gasteiger partial charge is 0.174 e. The van der Waals surface area contributed by atoms with Gasteiger partial charge in [0.05, 0.1) is 24.9 Å². The minimum absolute atomic E-state index is 0.402. The lowest BCUT2D eigenvalue weighted by molar-refractivity contribution is 0.300. The minimum atomic E-state index is 0.402. The molecule has 1 N–H and O–H groups in total. The number of methoxy groups -OCH3 is 2. The van der Waals surface area contributed by atoms with E-state index in [0.717, 1.165) is 41.2 Å². The first-order valence-electron chi connectivity index (χ1n) is 9.57. The quantitative estimate of drug-likeness (QED) is 0.599. The predicted octanol–water partition coefficient (Wildman–Crippen LogP) is 5.81. The Morgan fingerprint density at radius 1 is 1.18 bits per heavy atom. The van der Waals surface area contributed by atoms with Crippen LogP contribution in [0, 0.1) is 6.92 Å². The molecule has 1 fully saturated rings. The first-order chi connectivity index (χ1) is 13.5. The Morgan fingerprint density at radius 3 is 2.61 bits per heavy atom. The molecule has 4 nitrogen and oxygen atoms in total. The molecule has 0 saturated heterocycles. The van der Waals surface area contributed by atoms with E-state index in [9.17, 15) is 0 Å². The maximum Gasteiger partial charge on any atom is 0.174 e. The average Bonchev–Trinajstić information content (AvgIpc) is 3.22. The van der Waals surface area contributed by atoms with Gasteiger partial charge in [0, 0.05) is 18.2 Å². The molecular weight excluding hydrogens is 392 g/mol. The van der Waals surface area contributed by atoms with Gasteiger partial charge in [-0.05, 0) is 55.7 Å². The van der Waals surface area contributed by atoms with Crippen LogP contribution in [0.5, 0.6) is 11.5 Å². The SMILES string of the molecule is COc1cccc(CN(C(=S)Nc2cc(C)ccc2Cl)C2CCCC2)c1OC. The fraction of sp³-hybridized carbons (Fsp3) is 0.409. The normalized spacial score (nSPS) is 14.0. The number of anilines is 1. The molecule has 0 aliphatic heterocycles. The highest BCUT2D eigenvalue weighted by Gasteiger charge is 2.26. The van der Waals surface area contributed by atoms with Crippen molar-refractivity contribution in [3.05, 3.63) is 52.5 Å². The Labute approximate surface area is 177 Å². The number of hydrogen-bond donors (Lipinski definition) is 1. The molecule has 1 aliphatic carbocycles. The van der Waals surface area contributed by atoms with Crippen LogP contribution in [0.25, 0.3) is 0 Å². The molecule has 6 heteroatoms. The summed E-state index contributed by atoms with van der Waals surface area (Å²) in [6.07, 6.45) is 4.72. The van der Waals surface area contributed by atoms with Gasteiger partial charge >= 0.3 is 0 Å². The van der Waals surface area contributed by atoms with Gasteiger partial charge in [-0.15, -0.1) is 0 Å². The van der Waals surface area contributed by atoms with Crippen molar-refractivity contribution in [3.8, 4) is 11.5 Å². The van der Waals surface area contributed by atoms with E-state index in [1.165, 1.54) is 12.8 Å². The Kier molecular flexibility index (Phi) is 7.03. The Bertz CT molecular complexity index is 837. The summed E-state index contributed by atoms with van der Waals surface area (Å²) in [5.41, 5.74) is 3.03. The number of rotatable bonds is 6. The largest absolute Gasteiger partial charge is 0.493 e. The number of ether oxygens (including phenoxy) is 2. The van der Waals surface area contributed by atoms with Gasteiger partial charge in [0.15, 0.2) is 16.6 Å². The number of hydrogen-bond acceptors (Lipinski definition) is 3. The van der Waals surface area contributed by atoms with Gasteiger partial charge in [-0.1, -0.05) is 42.6 Å². The van der Waals surface area contributed by atoms with E-state index < -0.39 is 0 Å². The Hall–Kier alpha value is -1.98. The van der Waals surface area contributed by atoms with Crippen LogP contribution in [0.15, 0.2) is 36.4 Å². The molecule has 3 rings (SSSR count). The van der Waals surface area contributed by atoms with E-state index >= 15 is 0 Å². The first kappa shape index (κ1) is 20.7. The standard InChI is InChI=1S/C22H27ClN2O2S/c1-15-11-12-18(23)19(13-15)24-22(28)25(17-8-4-5-9-17)14-16-7-6-10-20(26-2)21(16)27-3/h6-7,10-13,17H,4-5,8-9,14H2,1-3H3,(H,24,28). The monoisotopic (exact) mass is 418 g/mol. The van der Waals surface area contributed by atoms with Crippen LogP contribution >= 0.6 is 23.8 Å². The van der Waals surface area contributed by atoms with Crippen LogP contribution in [-0.4, -0.2) is 30.3 Å². The summed E-state index contributed by atoms with van der Waals surface area (Å²) in [5.74, 6) is 1.48. The number of aryl methyl sites for hydroxylation is 1. The number of halogens is 1. The molecule has 0 spiro atoms. The molecule has 150 valence electrons. The van der Waals surface area contributed by atoms with Gasteiger partial charge in [-0.25, -0.2) is 0 Å². The summed E-state index contributed by atoms with van der Waals surface area (Å²) in [6, 6.07) is 12.3. The van der Waals surface area contributed by atoms with Gasteiger partial charge in [-0.3, -0.25) is 0 Å². The number of thiocarbonyl (C=S) groups is 1. The average molecular weight is 419 g/mol. The van der Waals surface area contributed by atoms with Crippen LogP contribution < -0.4 is 14.8 Å². The summed E-state index contributed by atoms with van der Waals surface area (Å²) < 4.78 is 11.1. The summed E-state index contributed by atoms with van der Waals surface area (Å²) in [6.45, 7) is 2.70. The van der Waals surface area contributed by atoms with E-state index in [0.29, 0.717) is 22.7 Å². The minimum Gasteiger partial charge on any atom is -0.493 e. The van der Waals surface area contributed by atoms with Crippen LogP contribution in [0.3, 0.4) is 0 Å². The molecule has 1 saturated carbocycles. The van der Waals surface area contributed by atoms with E-state index in [1.54, 1.807) is 14.2 Å². The Balaban J connectivity index is 1.87. The lowest BCUT2D eigenvalue weighted by Gasteiger charge is -2.32. The summed E-state index contributed by atoms with van der Waals surface area (Å²) in [5, 5.41) is 4.72. The fourth-order valence-electron chi connectivity index (χ4n) is 3.77. The van der Waals surface area contributed by atoms with E-state index in [4.69, 9.17) is 33.3 Å². The number of para-hydroxylation sites is 1. The summed E-state index contributed by atoms with van der Waals surface area (Å²) >= 11 is 12.2. The van der Waals surface area contributed by atoms with Crippen molar-refractivity contribution < 1.29 is 9.47 Å². The number of benzene rings is 2. The van der Waals surface area contributed by atoms with Crippen LogP contribution in [0.2, 0.25) is 5.02 Å². The zero-order valence-electron chi connectivity index (χ0n) is 16.6. The highest BCUT2D eigenvalue weighted by Crippen LogP contribution is 2.34. The van der Waals surface area contributed by atoms with Crippen molar-refractivity contribution in [2.45, 2.75) is 45.2 Å². The topological polar surface area (TPSA) is 33.7 Å². The molecule has 0 bridgehead atoms. The maximum absolute atomic E-state index is 6.37. The third-order valence-corrected chi connectivity index (χ3v) is 5.88. The fourth-order valence-corrected chi connectivity index (χ4v) is 4.25. The molecule has 2 aromatic carbocycles. The second kappa shape index (κ2) is 9.48. The van der Waals surface area contributed by atoms with Crippen molar-refractivity contribution in [1.82, 2.24) is 4.90 Å². The third kappa shape index (κ3) is 4.70. The van der Waals surface area contributed by atoms with Gasteiger partial charge in [0.25, 0.3) is 0 Å². The van der Waals surface area contributed by atoms with Gasteiger partial charge < -0.3 is 19.7 Å². The van der Waals surface area contributed by atoms with Gasteiger partial charge in [-0.2, -0.15) is 0 Å². The molecule has 0 amide bonds. The zero-order chi connectivity index (χ0) is 20.1. The number of nitrogens with one attached hydrogen (secondary N) is 1. The van der Waals surface area contributed by atoms with E-state index in [-0.39, 0.29) is 0 Å². The molecule has 0 atom stereocenters. The Morgan fingerprint density at radius 2 is 1.93 bits per heavy atom. The maximum atomic E-state index is 6.37. The summed E-state index contributed by atoms with van der Waals surface area (Å²) in [7, 11) is 3.33. The lowest BCUT2D eigenvalue weighted by Crippen LogP contribution is -2.41. The van der Waals surface area contributed by atoms with Crippen LogP contribution in [0.1, 0.15) is 36.8 Å². The molecule has 1 aliphatic rings. The molecule has 0 heterocycles. The highest BCUT2D eigenvalue weighted by molar-refractivity contribution is 7.80. The van der Waals surface area contributed by atoms with Crippen molar-refractivity contribution in [2.24, 2.45) is 0 Å². The lowest BCUT2D eigenvalue weighted by atomic mass is 10.1.